The van der Waals surface area contributed by atoms with Crippen molar-refractivity contribution in [1.29, 1.82) is 0 Å². The Kier molecular flexibility index (Phi) is 7.75. The molecule has 2 atom stereocenters. The van der Waals surface area contributed by atoms with Crippen molar-refractivity contribution < 1.29 is 5.11 Å². The lowest BCUT2D eigenvalue weighted by molar-refractivity contribution is 0.0499. The zero-order valence-corrected chi connectivity index (χ0v) is 11.3. The number of benzene rings is 1. The Morgan fingerprint density at radius 3 is 2.47 bits per heavy atom. The molecule has 1 saturated heterocycles. The summed E-state index contributed by atoms with van der Waals surface area (Å²) in [7, 11) is 0. The van der Waals surface area contributed by atoms with E-state index in [-0.39, 0.29) is 37.0 Å². The van der Waals surface area contributed by atoms with Crippen molar-refractivity contribution >= 4 is 24.8 Å². The fourth-order valence-electron chi connectivity index (χ4n) is 2.00. The van der Waals surface area contributed by atoms with E-state index < -0.39 is 0 Å². The third kappa shape index (κ3) is 4.82. The summed E-state index contributed by atoms with van der Waals surface area (Å²) in [6.07, 6.45) is 0.510. The number of β-amino-alcohol motifs (C(OH)–C–C–N with tert-alkyl or cyclic N) is 1. The molecule has 0 aromatic heterocycles. The van der Waals surface area contributed by atoms with Gasteiger partial charge in [0.2, 0.25) is 0 Å². The SMILES string of the molecule is Cl.Cl.N[C@@H]1CCN(Cc2ccccc2)C[C@H]1O. The van der Waals surface area contributed by atoms with Gasteiger partial charge in [-0.25, -0.2) is 0 Å². The van der Waals surface area contributed by atoms with Crippen molar-refractivity contribution in [3.05, 3.63) is 35.9 Å². The van der Waals surface area contributed by atoms with Crippen molar-refractivity contribution in [2.45, 2.75) is 25.1 Å². The van der Waals surface area contributed by atoms with Gasteiger partial charge in [0.25, 0.3) is 0 Å². The molecule has 1 fully saturated rings. The summed E-state index contributed by atoms with van der Waals surface area (Å²) in [5, 5.41) is 9.66. The highest BCUT2D eigenvalue weighted by Crippen LogP contribution is 2.12. The Hall–Kier alpha value is -0.320. The van der Waals surface area contributed by atoms with Gasteiger partial charge in [-0.05, 0) is 12.0 Å². The third-order valence-corrected chi connectivity index (χ3v) is 2.97. The Morgan fingerprint density at radius 1 is 1.24 bits per heavy atom. The van der Waals surface area contributed by atoms with Crippen LogP contribution in [-0.2, 0) is 6.54 Å². The van der Waals surface area contributed by atoms with Crippen LogP contribution in [-0.4, -0.2) is 35.2 Å². The number of rotatable bonds is 2. The van der Waals surface area contributed by atoms with E-state index in [9.17, 15) is 5.11 Å². The summed E-state index contributed by atoms with van der Waals surface area (Å²) < 4.78 is 0. The quantitative estimate of drug-likeness (QED) is 0.861. The summed E-state index contributed by atoms with van der Waals surface area (Å²) in [5.41, 5.74) is 7.05. The predicted molar refractivity (Wildman–Crippen MR) is 74.8 cm³/mol. The van der Waals surface area contributed by atoms with Crippen LogP contribution in [0.15, 0.2) is 30.3 Å². The van der Waals surface area contributed by atoms with Crippen molar-refractivity contribution in [3.8, 4) is 0 Å². The molecule has 17 heavy (non-hydrogen) atoms. The molecule has 98 valence electrons. The average Bonchev–Trinajstić information content (AvgIpc) is 2.25. The molecule has 1 aromatic carbocycles. The first-order valence-corrected chi connectivity index (χ1v) is 5.45. The highest BCUT2D eigenvalue weighted by Gasteiger charge is 2.24. The van der Waals surface area contributed by atoms with Gasteiger partial charge in [-0.1, -0.05) is 30.3 Å². The minimum atomic E-state index is -0.373. The highest BCUT2D eigenvalue weighted by atomic mass is 35.5. The summed E-state index contributed by atoms with van der Waals surface area (Å²) in [5.74, 6) is 0. The molecule has 0 unspecified atom stereocenters. The monoisotopic (exact) mass is 278 g/mol. The van der Waals surface area contributed by atoms with Crippen LogP contribution >= 0.6 is 24.8 Å². The molecule has 1 aliphatic rings. The number of hydrogen-bond donors (Lipinski definition) is 2. The van der Waals surface area contributed by atoms with Gasteiger partial charge >= 0.3 is 0 Å². The Morgan fingerprint density at radius 2 is 1.88 bits per heavy atom. The molecule has 5 heteroatoms. The Labute approximate surface area is 115 Å². The fraction of sp³-hybridized carbons (Fsp3) is 0.500. The van der Waals surface area contributed by atoms with E-state index in [1.165, 1.54) is 5.56 Å². The van der Waals surface area contributed by atoms with Crippen molar-refractivity contribution in [2.75, 3.05) is 13.1 Å². The number of aliphatic hydroxyl groups is 1. The minimum Gasteiger partial charge on any atom is -0.390 e. The van der Waals surface area contributed by atoms with Crippen LogP contribution in [0.25, 0.3) is 0 Å². The average molecular weight is 279 g/mol. The van der Waals surface area contributed by atoms with E-state index >= 15 is 0 Å². The van der Waals surface area contributed by atoms with E-state index in [4.69, 9.17) is 5.73 Å². The van der Waals surface area contributed by atoms with E-state index in [1.54, 1.807) is 0 Å². The van der Waals surface area contributed by atoms with Gasteiger partial charge in [0.1, 0.15) is 0 Å². The fourth-order valence-corrected chi connectivity index (χ4v) is 2.00. The maximum absolute atomic E-state index is 9.66. The van der Waals surface area contributed by atoms with Gasteiger partial charge in [-0.3, -0.25) is 4.90 Å². The first-order valence-electron chi connectivity index (χ1n) is 5.45. The number of nitrogens with two attached hydrogens (primary N) is 1. The van der Waals surface area contributed by atoms with Crippen LogP contribution < -0.4 is 5.73 Å². The number of aliphatic hydroxyl groups excluding tert-OH is 1. The van der Waals surface area contributed by atoms with Crippen LogP contribution in [0.5, 0.6) is 0 Å². The van der Waals surface area contributed by atoms with Crippen molar-refractivity contribution in [2.24, 2.45) is 5.73 Å². The lowest BCUT2D eigenvalue weighted by Crippen LogP contribution is -2.50. The first-order chi connectivity index (χ1) is 7.25. The maximum Gasteiger partial charge on any atom is 0.0818 e. The van der Waals surface area contributed by atoms with Gasteiger partial charge in [-0.2, -0.15) is 0 Å². The lowest BCUT2D eigenvalue weighted by atomic mass is 10.0. The molecular formula is C12H20Cl2N2O. The van der Waals surface area contributed by atoms with E-state index in [1.807, 2.05) is 18.2 Å². The van der Waals surface area contributed by atoms with E-state index in [0.717, 1.165) is 19.5 Å². The summed E-state index contributed by atoms with van der Waals surface area (Å²) in [6.45, 7) is 2.58. The van der Waals surface area contributed by atoms with Gasteiger partial charge in [-0.15, -0.1) is 24.8 Å². The molecule has 0 bridgehead atoms. The molecule has 1 aromatic rings. The number of halogens is 2. The van der Waals surface area contributed by atoms with Crippen LogP contribution in [0.4, 0.5) is 0 Å². The third-order valence-electron chi connectivity index (χ3n) is 2.97. The molecule has 3 N–H and O–H groups in total. The molecule has 0 saturated carbocycles. The summed E-state index contributed by atoms with van der Waals surface area (Å²) in [4.78, 5) is 2.25. The molecule has 0 aliphatic carbocycles. The number of hydrogen-bond acceptors (Lipinski definition) is 3. The van der Waals surface area contributed by atoms with Gasteiger partial charge in [0, 0.05) is 25.7 Å². The molecular weight excluding hydrogens is 259 g/mol. The zero-order chi connectivity index (χ0) is 10.7. The van der Waals surface area contributed by atoms with Gasteiger partial charge in [0.15, 0.2) is 0 Å². The molecule has 1 aliphatic heterocycles. The summed E-state index contributed by atoms with van der Waals surface area (Å²) >= 11 is 0. The normalized spacial score (nSPS) is 24.6. The van der Waals surface area contributed by atoms with Crippen LogP contribution in [0.1, 0.15) is 12.0 Å². The second-order valence-electron chi connectivity index (χ2n) is 4.24. The standard InChI is InChI=1S/C12H18N2O.2ClH/c13-11-6-7-14(9-12(11)15)8-10-4-2-1-3-5-10;;/h1-5,11-12,15H,6-9,13H2;2*1H/t11-,12-;;/m1../s1. The second kappa shape index (κ2) is 7.90. The molecule has 3 nitrogen and oxygen atoms in total. The second-order valence-corrected chi connectivity index (χ2v) is 4.24. The van der Waals surface area contributed by atoms with Crippen LogP contribution in [0.3, 0.4) is 0 Å². The van der Waals surface area contributed by atoms with Gasteiger partial charge < -0.3 is 10.8 Å². The molecule has 2 rings (SSSR count). The Balaban J connectivity index is 0.00000128. The van der Waals surface area contributed by atoms with Crippen molar-refractivity contribution in [3.63, 3.8) is 0 Å². The topological polar surface area (TPSA) is 49.5 Å². The maximum atomic E-state index is 9.66. The largest absolute Gasteiger partial charge is 0.390 e. The molecule has 1 heterocycles. The van der Waals surface area contributed by atoms with Crippen LogP contribution in [0.2, 0.25) is 0 Å². The zero-order valence-electron chi connectivity index (χ0n) is 9.66. The number of likely N-dealkylation sites (tertiary alicyclic amines) is 1. The highest BCUT2D eigenvalue weighted by molar-refractivity contribution is 5.85. The lowest BCUT2D eigenvalue weighted by Gasteiger charge is -2.34. The smallest absolute Gasteiger partial charge is 0.0818 e. The first kappa shape index (κ1) is 16.7. The van der Waals surface area contributed by atoms with E-state index in [0.29, 0.717) is 6.54 Å². The molecule has 0 amide bonds. The minimum absolute atomic E-state index is 0. The number of nitrogens with zero attached hydrogens (tertiary/aromatic N) is 1. The van der Waals surface area contributed by atoms with Crippen molar-refractivity contribution in [1.82, 2.24) is 4.90 Å². The molecule has 0 spiro atoms. The van der Waals surface area contributed by atoms with Crippen LogP contribution in [0, 0.1) is 0 Å². The van der Waals surface area contributed by atoms with E-state index in [2.05, 4.69) is 17.0 Å². The number of piperidine rings is 1. The Bertz CT molecular complexity index is 311. The predicted octanol–water partition coefficient (Wildman–Crippen LogP) is 1.42. The molecule has 0 radical (unpaired) electrons. The van der Waals surface area contributed by atoms with Gasteiger partial charge in [0.05, 0.1) is 6.10 Å². The summed E-state index contributed by atoms with van der Waals surface area (Å²) in [6, 6.07) is 10.3.